The summed E-state index contributed by atoms with van der Waals surface area (Å²) in [5.41, 5.74) is -0.956. The molecule has 0 fully saturated rings. The van der Waals surface area contributed by atoms with Gasteiger partial charge in [0.05, 0.1) is 11.5 Å². The predicted molar refractivity (Wildman–Crippen MR) is 72.9 cm³/mol. The van der Waals surface area contributed by atoms with Crippen molar-refractivity contribution in [3.8, 4) is 5.75 Å². The molecule has 0 unspecified atom stereocenters. The van der Waals surface area contributed by atoms with Crippen LogP contribution in [-0.4, -0.2) is 49.5 Å². The van der Waals surface area contributed by atoms with Gasteiger partial charge in [-0.1, -0.05) is 6.07 Å². The van der Waals surface area contributed by atoms with Crippen LogP contribution in [0.15, 0.2) is 18.2 Å². The van der Waals surface area contributed by atoms with E-state index in [1.807, 2.05) is 0 Å². The maximum absolute atomic E-state index is 11.1. The van der Waals surface area contributed by atoms with Crippen molar-refractivity contribution >= 4 is 11.7 Å². The zero-order valence-electron chi connectivity index (χ0n) is 11.6. The number of rotatable bonds is 10. The molecule has 1 rings (SSSR count). The lowest BCUT2D eigenvalue weighted by molar-refractivity contribution is -0.385. The molecule has 0 radical (unpaired) electrons. The maximum Gasteiger partial charge on any atom is 0.346 e. The van der Waals surface area contributed by atoms with Gasteiger partial charge in [0.25, 0.3) is 5.69 Å². The summed E-state index contributed by atoms with van der Waals surface area (Å²) in [5, 5.41) is 19.9. The minimum atomic E-state index is -1.40. The summed E-state index contributed by atoms with van der Waals surface area (Å²) in [4.78, 5) is 21.2. The van der Waals surface area contributed by atoms with Gasteiger partial charge in [-0.3, -0.25) is 10.1 Å². The van der Waals surface area contributed by atoms with Crippen LogP contribution in [0.3, 0.4) is 0 Å². The number of carbonyl (C=O) groups is 1. The zero-order valence-corrected chi connectivity index (χ0v) is 11.6. The molecule has 0 aromatic heterocycles. The van der Waals surface area contributed by atoms with Crippen molar-refractivity contribution in [1.29, 1.82) is 0 Å². The number of nitro groups is 1. The van der Waals surface area contributed by atoms with Crippen molar-refractivity contribution in [2.24, 2.45) is 0 Å². The van der Waals surface area contributed by atoms with Crippen molar-refractivity contribution in [3.05, 3.63) is 33.9 Å². The summed E-state index contributed by atoms with van der Waals surface area (Å²) in [6.07, 6.45) is 0.744. The summed E-state index contributed by atoms with van der Waals surface area (Å²) < 4.78 is 15.4. The minimum Gasteiger partial charge on any atom is -0.490 e. The molecule has 0 amide bonds. The molecule has 116 valence electrons. The first kappa shape index (κ1) is 16.9. The molecular formula is C13H17NO7. The molecule has 0 aliphatic carbocycles. The van der Waals surface area contributed by atoms with Crippen LogP contribution in [-0.2, 0) is 9.47 Å². The van der Waals surface area contributed by atoms with Gasteiger partial charge >= 0.3 is 5.97 Å². The molecule has 0 heterocycles. The van der Waals surface area contributed by atoms with E-state index in [2.05, 4.69) is 0 Å². The molecule has 1 aromatic carbocycles. The van der Waals surface area contributed by atoms with E-state index in [0.29, 0.717) is 13.2 Å². The summed E-state index contributed by atoms with van der Waals surface area (Å²) in [7, 11) is 1.60. The van der Waals surface area contributed by atoms with Crippen LogP contribution in [0.4, 0.5) is 5.69 Å². The highest BCUT2D eigenvalue weighted by atomic mass is 16.6. The second kappa shape index (κ2) is 8.88. The lowest BCUT2D eigenvalue weighted by atomic mass is 10.1. The van der Waals surface area contributed by atoms with Gasteiger partial charge in [-0.05, 0) is 12.5 Å². The van der Waals surface area contributed by atoms with Gasteiger partial charge < -0.3 is 19.3 Å². The summed E-state index contributed by atoms with van der Waals surface area (Å²) in [6.45, 7) is 1.45. The van der Waals surface area contributed by atoms with Crippen molar-refractivity contribution in [1.82, 2.24) is 0 Å². The summed E-state index contributed by atoms with van der Waals surface area (Å²) in [6, 6.07) is 3.87. The van der Waals surface area contributed by atoms with Gasteiger partial charge in [-0.15, -0.1) is 0 Å². The maximum atomic E-state index is 11.1. The Bertz CT molecular complexity index is 489. The third-order valence-corrected chi connectivity index (χ3v) is 2.54. The predicted octanol–water partition coefficient (Wildman–Crippen LogP) is 1.72. The van der Waals surface area contributed by atoms with E-state index in [-0.39, 0.29) is 19.0 Å². The number of hydrogen-bond acceptors (Lipinski definition) is 6. The van der Waals surface area contributed by atoms with E-state index in [1.165, 1.54) is 12.1 Å². The summed E-state index contributed by atoms with van der Waals surface area (Å²) >= 11 is 0. The molecule has 0 aliphatic rings. The fraction of sp³-hybridized carbons (Fsp3) is 0.462. The molecule has 21 heavy (non-hydrogen) atoms. The molecule has 0 spiro atoms. The molecule has 8 heteroatoms. The fourth-order valence-electron chi connectivity index (χ4n) is 1.62. The van der Waals surface area contributed by atoms with Gasteiger partial charge in [-0.25, -0.2) is 4.79 Å². The lowest BCUT2D eigenvalue weighted by Gasteiger charge is -2.09. The topological polar surface area (TPSA) is 108 Å². The minimum absolute atomic E-state index is 0.0443. The van der Waals surface area contributed by atoms with Crippen molar-refractivity contribution in [3.63, 3.8) is 0 Å². The van der Waals surface area contributed by atoms with E-state index in [9.17, 15) is 14.9 Å². The van der Waals surface area contributed by atoms with Gasteiger partial charge in [0.15, 0.2) is 5.56 Å². The lowest BCUT2D eigenvalue weighted by Crippen LogP contribution is -2.12. The Morgan fingerprint density at radius 3 is 2.67 bits per heavy atom. The highest BCUT2D eigenvalue weighted by molar-refractivity contribution is 5.95. The quantitative estimate of drug-likeness (QED) is 0.398. The Kier molecular flexibility index (Phi) is 7.13. The first-order chi connectivity index (χ1) is 10.1. The number of hydrogen-bond donors (Lipinski definition) is 1. The van der Waals surface area contributed by atoms with E-state index < -0.39 is 22.1 Å². The summed E-state index contributed by atoms with van der Waals surface area (Å²) in [5.74, 6) is -1.45. The average molecular weight is 299 g/mol. The Balaban J connectivity index is 2.57. The largest absolute Gasteiger partial charge is 0.490 e. The monoisotopic (exact) mass is 299 g/mol. The molecule has 8 nitrogen and oxygen atoms in total. The van der Waals surface area contributed by atoms with Gasteiger partial charge in [0.2, 0.25) is 0 Å². The van der Waals surface area contributed by atoms with E-state index in [1.54, 1.807) is 7.11 Å². The highest BCUT2D eigenvalue weighted by Gasteiger charge is 2.24. The van der Waals surface area contributed by atoms with Crippen LogP contribution in [0.2, 0.25) is 0 Å². The number of carboxylic acid groups (broad SMARTS) is 1. The average Bonchev–Trinajstić information content (AvgIpc) is 2.45. The third kappa shape index (κ3) is 5.36. The van der Waals surface area contributed by atoms with E-state index in [0.717, 1.165) is 12.5 Å². The number of methoxy groups -OCH3 is 1. The first-order valence-electron chi connectivity index (χ1n) is 6.28. The van der Waals surface area contributed by atoms with Crippen LogP contribution < -0.4 is 4.74 Å². The molecule has 0 atom stereocenters. The van der Waals surface area contributed by atoms with Crippen molar-refractivity contribution in [2.45, 2.75) is 6.42 Å². The Morgan fingerprint density at radius 1 is 1.29 bits per heavy atom. The van der Waals surface area contributed by atoms with Crippen LogP contribution in [0.1, 0.15) is 16.8 Å². The fourth-order valence-corrected chi connectivity index (χ4v) is 1.62. The van der Waals surface area contributed by atoms with Gasteiger partial charge in [-0.2, -0.15) is 0 Å². The molecule has 1 aromatic rings. The van der Waals surface area contributed by atoms with Gasteiger partial charge in [0.1, 0.15) is 12.4 Å². The Labute approximate surface area is 121 Å². The van der Waals surface area contributed by atoms with E-state index in [4.69, 9.17) is 19.3 Å². The molecule has 0 saturated heterocycles. The van der Waals surface area contributed by atoms with Gasteiger partial charge in [0, 0.05) is 26.4 Å². The van der Waals surface area contributed by atoms with Crippen molar-refractivity contribution < 1.29 is 29.0 Å². The van der Waals surface area contributed by atoms with Crippen LogP contribution in [0, 0.1) is 10.1 Å². The highest BCUT2D eigenvalue weighted by Crippen LogP contribution is 2.28. The van der Waals surface area contributed by atoms with Crippen LogP contribution in [0.5, 0.6) is 5.75 Å². The first-order valence-corrected chi connectivity index (χ1v) is 6.28. The van der Waals surface area contributed by atoms with Crippen LogP contribution >= 0.6 is 0 Å². The second-order valence-electron chi connectivity index (χ2n) is 4.02. The normalized spacial score (nSPS) is 10.3. The number of benzene rings is 1. The standard InChI is InChI=1S/C13H17NO7/c1-19-6-3-7-20-8-9-21-11-5-2-4-10(14(17)18)12(11)13(15)16/h2,4-5H,3,6-9H2,1H3,(H,15,16). The molecule has 0 saturated carbocycles. The number of aromatic carboxylic acids is 1. The second-order valence-corrected chi connectivity index (χ2v) is 4.02. The number of nitro benzene ring substituents is 1. The molecular weight excluding hydrogens is 282 g/mol. The van der Waals surface area contributed by atoms with E-state index >= 15 is 0 Å². The third-order valence-electron chi connectivity index (χ3n) is 2.54. The number of nitrogens with zero attached hydrogens (tertiary/aromatic N) is 1. The smallest absolute Gasteiger partial charge is 0.346 e. The molecule has 1 N–H and O–H groups in total. The van der Waals surface area contributed by atoms with Crippen molar-refractivity contribution in [2.75, 3.05) is 33.5 Å². The SMILES string of the molecule is COCCCOCCOc1cccc([N+](=O)[O-])c1C(=O)O. The number of ether oxygens (including phenoxy) is 3. The molecule has 0 bridgehead atoms. The Morgan fingerprint density at radius 2 is 2.05 bits per heavy atom. The molecule has 0 aliphatic heterocycles. The Hall–Kier alpha value is -2.19. The van der Waals surface area contributed by atoms with Crippen LogP contribution in [0.25, 0.3) is 0 Å². The zero-order chi connectivity index (χ0) is 15.7. The number of carboxylic acids is 1.